The summed E-state index contributed by atoms with van der Waals surface area (Å²) in [5.41, 5.74) is 2.44. The molecule has 0 aliphatic carbocycles. The van der Waals surface area contributed by atoms with Crippen molar-refractivity contribution >= 4 is 12.4 Å². The summed E-state index contributed by atoms with van der Waals surface area (Å²) in [6.45, 7) is 4.31. The molecule has 1 aliphatic rings. The molecule has 1 fully saturated rings. The highest BCUT2D eigenvalue weighted by atomic mass is 35.5. The number of piperidine rings is 1. The summed E-state index contributed by atoms with van der Waals surface area (Å²) in [6.07, 6.45) is 6.06. The molecule has 4 heteroatoms. The summed E-state index contributed by atoms with van der Waals surface area (Å²) in [5.74, 6) is 0.594. The fourth-order valence-electron chi connectivity index (χ4n) is 1.92. The Balaban J connectivity index is 0.000000980. The summed E-state index contributed by atoms with van der Waals surface area (Å²) in [7, 11) is 0. The van der Waals surface area contributed by atoms with Gasteiger partial charge in [0.15, 0.2) is 0 Å². The van der Waals surface area contributed by atoms with Crippen LogP contribution in [0.3, 0.4) is 0 Å². The van der Waals surface area contributed by atoms with Crippen LogP contribution in [-0.4, -0.2) is 23.1 Å². The highest BCUT2D eigenvalue weighted by molar-refractivity contribution is 5.85. The normalized spacial score (nSPS) is 21.4. The Hall–Kier alpha value is -0.670. The Labute approximate surface area is 90.8 Å². The van der Waals surface area contributed by atoms with Gasteiger partial charge in [-0.25, -0.2) is 9.97 Å². The molecule has 1 saturated heterocycles. The second-order valence-corrected chi connectivity index (χ2v) is 3.63. The molecule has 0 aromatic carbocycles. The van der Waals surface area contributed by atoms with Gasteiger partial charge >= 0.3 is 0 Å². The summed E-state index contributed by atoms with van der Waals surface area (Å²) in [5, 5.41) is 3.40. The third kappa shape index (κ3) is 2.42. The van der Waals surface area contributed by atoms with Crippen molar-refractivity contribution < 1.29 is 0 Å². The van der Waals surface area contributed by atoms with Gasteiger partial charge in [0.25, 0.3) is 0 Å². The lowest BCUT2D eigenvalue weighted by atomic mass is 9.94. The average molecular weight is 214 g/mol. The zero-order valence-corrected chi connectivity index (χ0v) is 9.18. The van der Waals surface area contributed by atoms with Gasteiger partial charge in [0.1, 0.15) is 6.33 Å². The van der Waals surface area contributed by atoms with E-state index in [4.69, 9.17) is 0 Å². The van der Waals surface area contributed by atoms with Gasteiger partial charge < -0.3 is 5.32 Å². The molecule has 0 amide bonds. The Bertz CT molecular complexity index is 284. The Morgan fingerprint density at radius 3 is 3.00 bits per heavy atom. The maximum Gasteiger partial charge on any atom is 0.115 e. The van der Waals surface area contributed by atoms with Crippen LogP contribution in [0.15, 0.2) is 12.5 Å². The molecule has 2 rings (SSSR count). The minimum atomic E-state index is 0. The number of aryl methyl sites for hydroxylation is 1. The van der Waals surface area contributed by atoms with Crippen molar-refractivity contribution in [1.29, 1.82) is 0 Å². The van der Waals surface area contributed by atoms with Gasteiger partial charge in [0.2, 0.25) is 0 Å². The van der Waals surface area contributed by atoms with Crippen molar-refractivity contribution in [3.8, 4) is 0 Å². The second kappa shape index (κ2) is 5.27. The number of rotatable bonds is 1. The van der Waals surface area contributed by atoms with Crippen molar-refractivity contribution in [3.63, 3.8) is 0 Å². The monoisotopic (exact) mass is 213 g/mol. The van der Waals surface area contributed by atoms with E-state index < -0.39 is 0 Å². The Morgan fingerprint density at radius 1 is 1.50 bits per heavy atom. The molecule has 1 atom stereocenters. The maximum absolute atomic E-state index is 4.35. The summed E-state index contributed by atoms with van der Waals surface area (Å²) < 4.78 is 0. The molecule has 0 saturated carbocycles. The lowest BCUT2D eigenvalue weighted by molar-refractivity contribution is 0.452. The van der Waals surface area contributed by atoms with Gasteiger partial charge in [-0.2, -0.15) is 0 Å². The molecule has 0 radical (unpaired) electrons. The average Bonchev–Trinajstić information content (AvgIpc) is 2.20. The van der Waals surface area contributed by atoms with Crippen molar-refractivity contribution in [2.75, 3.05) is 13.1 Å². The Morgan fingerprint density at radius 2 is 2.36 bits per heavy atom. The van der Waals surface area contributed by atoms with Crippen LogP contribution in [0, 0.1) is 6.92 Å². The number of halogens is 1. The van der Waals surface area contributed by atoms with E-state index in [0.717, 1.165) is 13.1 Å². The number of nitrogens with one attached hydrogen (secondary N) is 1. The minimum Gasteiger partial charge on any atom is -0.316 e. The van der Waals surface area contributed by atoms with Crippen LogP contribution in [-0.2, 0) is 0 Å². The molecule has 0 bridgehead atoms. The van der Waals surface area contributed by atoms with Gasteiger partial charge in [0, 0.05) is 18.7 Å². The topological polar surface area (TPSA) is 37.8 Å². The van der Waals surface area contributed by atoms with E-state index in [1.807, 2.05) is 6.20 Å². The SMILES string of the molecule is Cc1cncnc1C1CCCNC1.Cl. The molecule has 1 N–H and O–H groups in total. The lowest BCUT2D eigenvalue weighted by Crippen LogP contribution is -2.29. The van der Waals surface area contributed by atoms with Crippen LogP contribution in [0.4, 0.5) is 0 Å². The van der Waals surface area contributed by atoms with E-state index in [9.17, 15) is 0 Å². The highest BCUT2D eigenvalue weighted by Gasteiger charge is 2.17. The van der Waals surface area contributed by atoms with Gasteiger partial charge in [-0.05, 0) is 31.9 Å². The van der Waals surface area contributed by atoms with Crippen molar-refractivity contribution in [2.45, 2.75) is 25.7 Å². The molecule has 1 aliphatic heterocycles. The van der Waals surface area contributed by atoms with Crippen LogP contribution in [0.25, 0.3) is 0 Å². The third-order valence-corrected chi connectivity index (χ3v) is 2.62. The van der Waals surface area contributed by atoms with E-state index in [0.29, 0.717) is 5.92 Å². The van der Waals surface area contributed by atoms with Crippen LogP contribution in [0.1, 0.15) is 30.0 Å². The fourth-order valence-corrected chi connectivity index (χ4v) is 1.92. The van der Waals surface area contributed by atoms with Crippen molar-refractivity contribution in [3.05, 3.63) is 23.8 Å². The standard InChI is InChI=1S/C10H15N3.ClH/c1-8-5-12-7-13-10(8)9-3-2-4-11-6-9;/h5,7,9,11H,2-4,6H2,1H3;1H. The van der Waals surface area contributed by atoms with E-state index in [1.54, 1.807) is 6.33 Å². The van der Waals surface area contributed by atoms with E-state index >= 15 is 0 Å². The Kier molecular flexibility index (Phi) is 4.29. The van der Waals surface area contributed by atoms with Crippen molar-refractivity contribution in [2.24, 2.45) is 0 Å². The number of nitrogens with zero attached hydrogens (tertiary/aromatic N) is 2. The molecular formula is C10H16ClN3. The highest BCUT2D eigenvalue weighted by Crippen LogP contribution is 2.22. The third-order valence-electron chi connectivity index (χ3n) is 2.62. The van der Waals surface area contributed by atoms with Gasteiger partial charge in [-0.3, -0.25) is 0 Å². The first-order valence-electron chi connectivity index (χ1n) is 4.85. The first kappa shape index (κ1) is 11.4. The summed E-state index contributed by atoms with van der Waals surface area (Å²) >= 11 is 0. The molecule has 14 heavy (non-hydrogen) atoms. The number of hydrogen-bond acceptors (Lipinski definition) is 3. The zero-order chi connectivity index (χ0) is 9.10. The molecule has 3 nitrogen and oxygen atoms in total. The molecule has 2 heterocycles. The predicted octanol–water partition coefficient (Wildman–Crippen LogP) is 1.67. The minimum absolute atomic E-state index is 0. The van der Waals surface area contributed by atoms with Crippen LogP contribution in [0.5, 0.6) is 0 Å². The molecule has 1 aromatic rings. The largest absolute Gasteiger partial charge is 0.316 e. The molecule has 1 unspecified atom stereocenters. The summed E-state index contributed by atoms with van der Waals surface area (Å²) in [6, 6.07) is 0. The first-order valence-corrected chi connectivity index (χ1v) is 4.85. The summed E-state index contributed by atoms with van der Waals surface area (Å²) in [4.78, 5) is 8.36. The molecule has 78 valence electrons. The van der Waals surface area contributed by atoms with Crippen molar-refractivity contribution in [1.82, 2.24) is 15.3 Å². The van der Waals surface area contributed by atoms with Gasteiger partial charge in [-0.1, -0.05) is 0 Å². The van der Waals surface area contributed by atoms with Gasteiger partial charge in [0.05, 0.1) is 5.69 Å². The zero-order valence-electron chi connectivity index (χ0n) is 8.36. The van der Waals surface area contributed by atoms with E-state index in [-0.39, 0.29) is 12.4 Å². The first-order chi connectivity index (χ1) is 6.38. The maximum atomic E-state index is 4.35. The molecular weight excluding hydrogens is 198 g/mol. The van der Waals surface area contributed by atoms with Crippen LogP contribution < -0.4 is 5.32 Å². The second-order valence-electron chi connectivity index (χ2n) is 3.63. The van der Waals surface area contributed by atoms with Crippen LogP contribution in [0.2, 0.25) is 0 Å². The number of hydrogen-bond donors (Lipinski definition) is 1. The lowest BCUT2D eigenvalue weighted by Gasteiger charge is -2.23. The quantitative estimate of drug-likeness (QED) is 0.772. The van der Waals surface area contributed by atoms with E-state index in [1.165, 1.54) is 24.1 Å². The fraction of sp³-hybridized carbons (Fsp3) is 0.600. The number of aromatic nitrogens is 2. The molecule has 0 spiro atoms. The predicted molar refractivity (Wildman–Crippen MR) is 58.9 cm³/mol. The van der Waals surface area contributed by atoms with Gasteiger partial charge in [-0.15, -0.1) is 12.4 Å². The van der Waals surface area contributed by atoms with E-state index in [2.05, 4.69) is 22.2 Å². The molecule has 1 aromatic heterocycles. The smallest absolute Gasteiger partial charge is 0.115 e. The van der Waals surface area contributed by atoms with Crippen LogP contribution >= 0.6 is 12.4 Å².